The van der Waals surface area contributed by atoms with Crippen LogP contribution >= 0.6 is 0 Å². The van der Waals surface area contributed by atoms with Crippen molar-refractivity contribution in [2.45, 2.75) is 26.3 Å². The summed E-state index contributed by atoms with van der Waals surface area (Å²) in [7, 11) is 0. The van der Waals surface area contributed by atoms with E-state index in [1.807, 2.05) is 32.0 Å². The minimum atomic E-state index is -4.68. The van der Waals surface area contributed by atoms with E-state index in [9.17, 15) is 13.2 Å². The predicted octanol–water partition coefficient (Wildman–Crippen LogP) is 4.25. The van der Waals surface area contributed by atoms with Gasteiger partial charge in [0.05, 0.1) is 6.04 Å². The fraction of sp³-hybridized carbons (Fsp3) is 0.250. The van der Waals surface area contributed by atoms with E-state index < -0.39 is 6.36 Å². The summed E-state index contributed by atoms with van der Waals surface area (Å²) in [6, 6.07) is 11.2. The lowest BCUT2D eigenvalue weighted by molar-refractivity contribution is -0.274. The summed E-state index contributed by atoms with van der Waals surface area (Å²) in [5.74, 6) is -0.251. The van der Waals surface area contributed by atoms with Gasteiger partial charge in [-0.1, -0.05) is 35.9 Å². The second-order valence-corrected chi connectivity index (χ2v) is 4.95. The van der Waals surface area contributed by atoms with Gasteiger partial charge in [-0.15, -0.1) is 13.2 Å². The number of aryl methyl sites for hydroxylation is 2. The summed E-state index contributed by atoms with van der Waals surface area (Å²) in [5, 5.41) is 0. The van der Waals surface area contributed by atoms with Crippen molar-refractivity contribution in [3.8, 4) is 5.75 Å². The number of alkyl halides is 3. The molecule has 0 aliphatic heterocycles. The lowest BCUT2D eigenvalue weighted by Crippen LogP contribution is -2.17. The fourth-order valence-corrected chi connectivity index (χ4v) is 2.23. The van der Waals surface area contributed by atoms with E-state index >= 15 is 0 Å². The standard InChI is InChI=1S/C16H16F3NO/c1-10-3-8-14(11(2)9-10)15(20)12-4-6-13(7-5-12)21-16(17,18)19/h3-9,15H,20H2,1-2H3. The van der Waals surface area contributed by atoms with Gasteiger partial charge in [0, 0.05) is 0 Å². The Morgan fingerprint density at radius 2 is 1.62 bits per heavy atom. The summed E-state index contributed by atoms with van der Waals surface area (Å²) in [6.45, 7) is 3.95. The third-order valence-electron chi connectivity index (χ3n) is 3.23. The van der Waals surface area contributed by atoms with Crippen LogP contribution in [0.15, 0.2) is 42.5 Å². The zero-order chi connectivity index (χ0) is 15.6. The highest BCUT2D eigenvalue weighted by Crippen LogP contribution is 2.27. The topological polar surface area (TPSA) is 35.2 Å². The lowest BCUT2D eigenvalue weighted by Gasteiger charge is -2.16. The van der Waals surface area contributed by atoms with Crippen LogP contribution in [0, 0.1) is 13.8 Å². The molecule has 0 aliphatic rings. The molecule has 2 aromatic rings. The SMILES string of the molecule is Cc1ccc(C(N)c2ccc(OC(F)(F)F)cc2)c(C)c1. The molecule has 5 heteroatoms. The Hall–Kier alpha value is -2.01. The first-order chi connectivity index (χ1) is 9.76. The van der Waals surface area contributed by atoms with E-state index in [1.165, 1.54) is 12.1 Å². The molecule has 1 unspecified atom stereocenters. The van der Waals surface area contributed by atoms with Crippen molar-refractivity contribution in [3.63, 3.8) is 0 Å². The highest BCUT2D eigenvalue weighted by atomic mass is 19.4. The van der Waals surface area contributed by atoms with Gasteiger partial charge in [0.15, 0.2) is 0 Å². The van der Waals surface area contributed by atoms with Gasteiger partial charge < -0.3 is 10.5 Å². The molecule has 0 saturated carbocycles. The summed E-state index contributed by atoms with van der Waals surface area (Å²) >= 11 is 0. The largest absolute Gasteiger partial charge is 0.573 e. The Labute approximate surface area is 121 Å². The first-order valence-electron chi connectivity index (χ1n) is 6.45. The highest BCUT2D eigenvalue weighted by molar-refractivity contribution is 5.40. The predicted molar refractivity (Wildman–Crippen MR) is 75.1 cm³/mol. The molecule has 0 aliphatic carbocycles. The molecule has 0 heterocycles. The molecule has 0 radical (unpaired) electrons. The Morgan fingerprint density at radius 3 is 2.14 bits per heavy atom. The summed E-state index contributed by atoms with van der Waals surface area (Å²) < 4.78 is 40.2. The van der Waals surface area contributed by atoms with E-state index in [2.05, 4.69) is 4.74 Å². The molecule has 2 aromatic carbocycles. The van der Waals surface area contributed by atoms with Crippen molar-refractivity contribution in [2.24, 2.45) is 5.73 Å². The summed E-state index contributed by atoms with van der Waals surface area (Å²) in [6.07, 6.45) is -4.68. The lowest BCUT2D eigenvalue weighted by atomic mass is 9.94. The number of rotatable bonds is 3. The third kappa shape index (κ3) is 3.98. The second kappa shape index (κ2) is 5.77. The number of benzene rings is 2. The van der Waals surface area contributed by atoms with Crippen LogP contribution in [-0.2, 0) is 0 Å². The second-order valence-electron chi connectivity index (χ2n) is 4.95. The zero-order valence-electron chi connectivity index (χ0n) is 11.7. The van der Waals surface area contributed by atoms with Crippen molar-refractivity contribution in [1.82, 2.24) is 0 Å². The van der Waals surface area contributed by atoms with E-state index in [0.717, 1.165) is 22.3 Å². The fourth-order valence-electron chi connectivity index (χ4n) is 2.23. The van der Waals surface area contributed by atoms with Crippen molar-refractivity contribution < 1.29 is 17.9 Å². The number of ether oxygens (including phenoxy) is 1. The molecule has 112 valence electrons. The Balaban J connectivity index is 2.22. The van der Waals surface area contributed by atoms with Crippen LogP contribution in [0.1, 0.15) is 28.3 Å². The van der Waals surface area contributed by atoms with Crippen LogP contribution in [0.2, 0.25) is 0 Å². The van der Waals surface area contributed by atoms with Gasteiger partial charge in [-0.3, -0.25) is 0 Å². The van der Waals surface area contributed by atoms with Gasteiger partial charge in [-0.25, -0.2) is 0 Å². The van der Waals surface area contributed by atoms with Crippen molar-refractivity contribution >= 4 is 0 Å². The van der Waals surface area contributed by atoms with Crippen LogP contribution < -0.4 is 10.5 Å². The van der Waals surface area contributed by atoms with Gasteiger partial charge in [0.1, 0.15) is 5.75 Å². The molecule has 0 fully saturated rings. The monoisotopic (exact) mass is 295 g/mol. The van der Waals surface area contributed by atoms with Gasteiger partial charge in [-0.2, -0.15) is 0 Å². The first-order valence-corrected chi connectivity index (χ1v) is 6.45. The van der Waals surface area contributed by atoms with Crippen LogP contribution in [0.4, 0.5) is 13.2 Å². The van der Waals surface area contributed by atoms with E-state index in [4.69, 9.17) is 5.73 Å². The maximum absolute atomic E-state index is 12.1. The molecular weight excluding hydrogens is 279 g/mol. The number of nitrogens with two attached hydrogens (primary N) is 1. The quantitative estimate of drug-likeness (QED) is 0.918. The maximum Gasteiger partial charge on any atom is 0.573 e. The number of hydrogen-bond donors (Lipinski definition) is 1. The maximum atomic E-state index is 12.1. The minimum absolute atomic E-state index is 0.251. The van der Waals surface area contributed by atoms with Crippen molar-refractivity contribution in [1.29, 1.82) is 0 Å². The molecular formula is C16H16F3NO. The average molecular weight is 295 g/mol. The van der Waals surface area contributed by atoms with Gasteiger partial charge >= 0.3 is 6.36 Å². The van der Waals surface area contributed by atoms with Crippen molar-refractivity contribution in [2.75, 3.05) is 0 Å². The molecule has 21 heavy (non-hydrogen) atoms. The molecule has 2 rings (SSSR count). The molecule has 0 bridgehead atoms. The number of hydrogen-bond acceptors (Lipinski definition) is 2. The van der Waals surface area contributed by atoms with Crippen LogP contribution in [0.3, 0.4) is 0 Å². The molecule has 0 saturated heterocycles. The first kappa shape index (κ1) is 15.4. The minimum Gasteiger partial charge on any atom is -0.406 e. The Kier molecular flexibility index (Phi) is 4.23. The molecule has 1 atom stereocenters. The van der Waals surface area contributed by atoms with E-state index in [1.54, 1.807) is 12.1 Å². The smallest absolute Gasteiger partial charge is 0.406 e. The zero-order valence-corrected chi connectivity index (χ0v) is 11.7. The highest BCUT2D eigenvalue weighted by Gasteiger charge is 2.31. The van der Waals surface area contributed by atoms with Gasteiger partial charge in [0.25, 0.3) is 0 Å². The summed E-state index contributed by atoms with van der Waals surface area (Å²) in [5.41, 5.74) is 10.1. The molecule has 2 nitrogen and oxygen atoms in total. The molecule has 0 aromatic heterocycles. The number of halogens is 3. The van der Waals surface area contributed by atoms with E-state index in [0.29, 0.717) is 0 Å². The molecule has 0 spiro atoms. The van der Waals surface area contributed by atoms with Crippen LogP contribution in [-0.4, -0.2) is 6.36 Å². The third-order valence-corrected chi connectivity index (χ3v) is 3.23. The van der Waals surface area contributed by atoms with Crippen LogP contribution in [0.5, 0.6) is 5.75 Å². The average Bonchev–Trinajstić information content (AvgIpc) is 2.37. The van der Waals surface area contributed by atoms with Gasteiger partial charge in [-0.05, 0) is 42.7 Å². The Morgan fingerprint density at radius 1 is 1.00 bits per heavy atom. The normalized spacial score (nSPS) is 13.0. The van der Waals surface area contributed by atoms with Gasteiger partial charge in [0.2, 0.25) is 0 Å². The Bertz CT molecular complexity index is 620. The van der Waals surface area contributed by atoms with E-state index in [-0.39, 0.29) is 11.8 Å². The van der Waals surface area contributed by atoms with Crippen LogP contribution in [0.25, 0.3) is 0 Å². The van der Waals surface area contributed by atoms with Crippen molar-refractivity contribution in [3.05, 3.63) is 64.7 Å². The molecule has 2 N–H and O–H groups in total. The molecule has 0 amide bonds. The summed E-state index contributed by atoms with van der Waals surface area (Å²) in [4.78, 5) is 0.